The molecule has 0 aromatic carbocycles. The molecule has 0 bridgehead atoms. The van der Waals surface area contributed by atoms with Crippen LogP contribution in [0.1, 0.15) is 27.2 Å². The fraction of sp³-hybridized carbons (Fsp3) is 1.00. The van der Waals surface area contributed by atoms with Crippen molar-refractivity contribution < 1.29 is 8.42 Å². The second-order valence-electron chi connectivity index (χ2n) is 4.28. The summed E-state index contributed by atoms with van der Waals surface area (Å²) >= 11 is 0. The number of sulfone groups is 1. The number of nitrogens with two attached hydrogens (primary N) is 1. The molecule has 5 heteroatoms. The molecular formula is C9H20N2O2S. The summed E-state index contributed by atoms with van der Waals surface area (Å²) in [4.78, 5) is 0. The number of hydrogen-bond donors (Lipinski definition) is 2. The van der Waals surface area contributed by atoms with E-state index in [9.17, 15) is 8.42 Å². The van der Waals surface area contributed by atoms with Crippen molar-refractivity contribution in [1.82, 2.24) is 5.32 Å². The number of nitrogens with one attached hydrogen (secondary N) is 1. The molecular weight excluding hydrogens is 200 g/mol. The summed E-state index contributed by atoms with van der Waals surface area (Å²) in [6, 6.07) is 0.280. The monoisotopic (exact) mass is 220 g/mol. The molecule has 0 aromatic heterocycles. The maximum atomic E-state index is 11.5. The molecule has 0 aliphatic carbocycles. The Morgan fingerprint density at radius 1 is 1.43 bits per heavy atom. The van der Waals surface area contributed by atoms with E-state index in [0.717, 1.165) is 0 Å². The lowest BCUT2D eigenvalue weighted by Crippen LogP contribution is -2.48. The van der Waals surface area contributed by atoms with E-state index >= 15 is 0 Å². The Hall–Kier alpha value is -0.130. The van der Waals surface area contributed by atoms with Crippen LogP contribution in [0.5, 0.6) is 0 Å². The maximum Gasteiger partial charge on any atom is 0.154 e. The van der Waals surface area contributed by atoms with Gasteiger partial charge in [-0.2, -0.15) is 0 Å². The second-order valence-corrected chi connectivity index (χ2v) is 6.76. The first-order valence-electron chi connectivity index (χ1n) is 5.08. The van der Waals surface area contributed by atoms with Crippen molar-refractivity contribution in [2.45, 2.75) is 50.6 Å². The van der Waals surface area contributed by atoms with Crippen molar-refractivity contribution >= 4 is 9.84 Å². The lowest BCUT2D eigenvalue weighted by atomic mass is 10.1. The molecule has 4 atom stereocenters. The molecule has 0 radical (unpaired) electrons. The average molecular weight is 220 g/mol. The zero-order chi connectivity index (χ0) is 10.9. The van der Waals surface area contributed by atoms with E-state index in [0.29, 0.717) is 12.2 Å². The van der Waals surface area contributed by atoms with E-state index in [1.54, 1.807) is 6.92 Å². The summed E-state index contributed by atoms with van der Waals surface area (Å²) < 4.78 is 22.9. The first-order valence-corrected chi connectivity index (χ1v) is 6.79. The van der Waals surface area contributed by atoms with E-state index in [2.05, 4.69) is 5.32 Å². The van der Waals surface area contributed by atoms with Gasteiger partial charge in [0, 0.05) is 18.1 Å². The van der Waals surface area contributed by atoms with Crippen LogP contribution >= 0.6 is 0 Å². The Kier molecular flexibility index (Phi) is 3.55. The van der Waals surface area contributed by atoms with Crippen molar-refractivity contribution in [3.8, 4) is 0 Å². The summed E-state index contributed by atoms with van der Waals surface area (Å²) in [5.41, 5.74) is 5.72. The molecule has 84 valence electrons. The summed E-state index contributed by atoms with van der Waals surface area (Å²) in [5, 5.41) is 3.01. The molecule has 0 aromatic rings. The van der Waals surface area contributed by atoms with Crippen LogP contribution in [-0.4, -0.2) is 37.5 Å². The van der Waals surface area contributed by atoms with Gasteiger partial charge < -0.3 is 11.1 Å². The van der Waals surface area contributed by atoms with Crippen LogP contribution in [0.4, 0.5) is 0 Å². The molecule has 4 unspecified atom stereocenters. The molecule has 0 amide bonds. The van der Waals surface area contributed by atoms with Crippen LogP contribution in [0.3, 0.4) is 0 Å². The fourth-order valence-electron chi connectivity index (χ4n) is 1.67. The third-order valence-electron chi connectivity index (χ3n) is 3.11. The Labute approximate surface area is 86.2 Å². The normalized spacial score (nSPS) is 35.4. The maximum absolute atomic E-state index is 11.5. The molecule has 0 saturated carbocycles. The third kappa shape index (κ3) is 2.46. The lowest BCUT2D eigenvalue weighted by Gasteiger charge is -2.24. The van der Waals surface area contributed by atoms with E-state index in [1.165, 1.54) is 0 Å². The van der Waals surface area contributed by atoms with Gasteiger partial charge in [0.05, 0.1) is 11.0 Å². The average Bonchev–Trinajstić information content (AvgIpc) is 2.32. The van der Waals surface area contributed by atoms with Gasteiger partial charge in [0.25, 0.3) is 0 Å². The molecule has 1 saturated heterocycles. The van der Waals surface area contributed by atoms with Gasteiger partial charge in [-0.05, 0) is 27.2 Å². The smallest absolute Gasteiger partial charge is 0.154 e. The fourth-order valence-corrected chi connectivity index (χ4v) is 3.34. The Bertz CT molecular complexity index is 287. The summed E-state index contributed by atoms with van der Waals surface area (Å²) in [5.74, 6) is 0.303. The minimum atomic E-state index is -2.85. The summed E-state index contributed by atoms with van der Waals surface area (Å²) in [7, 11) is -2.85. The van der Waals surface area contributed by atoms with Gasteiger partial charge in [-0.3, -0.25) is 0 Å². The third-order valence-corrected chi connectivity index (χ3v) is 5.38. The zero-order valence-corrected chi connectivity index (χ0v) is 9.84. The molecule has 14 heavy (non-hydrogen) atoms. The van der Waals surface area contributed by atoms with Gasteiger partial charge in [-0.15, -0.1) is 0 Å². The van der Waals surface area contributed by atoms with E-state index in [1.807, 2.05) is 13.8 Å². The highest BCUT2D eigenvalue weighted by molar-refractivity contribution is 7.92. The highest BCUT2D eigenvalue weighted by Gasteiger charge is 2.37. The molecule has 1 heterocycles. The minimum Gasteiger partial charge on any atom is -0.327 e. The Balaban J connectivity index is 2.57. The van der Waals surface area contributed by atoms with E-state index < -0.39 is 9.84 Å². The highest BCUT2D eigenvalue weighted by Crippen LogP contribution is 2.20. The lowest BCUT2D eigenvalue weighted by molar-refractivity contribution is 0.403. The Morgan fingerprint density at radius 3 is 2.36 bits per heavy atom. The van der Waals surface area contributed by atoms with Gasteiger partial charge >= 0.3 is 0 Å². The molecule has 1 rings (SSSR count). The zero-order valence-electron chi connectivity index (χ0n) is 9.03. The first-order chi connectivity index (χ1) is 6.34. The molecule has 0 spiro atoms. The van der Waals surface area contributed by atoms with Crippen molar-refractivity contribution in [3.63, 3.8) is 0 Å². The SMILES string of the molecule is CC(N)C(C)NC1CCS(=O)(=O)C1C. The topological polar surface area (TPSA) is 72.2 Å². The van der Waals surface area contributed by atoms with Crippen LogP contribution in [0.25, 0.3) is 0 Å². The molecule has 1 aliphatic heterocycles. The van der Waals surface area contributed by atoms with Crippen LogP contribution in [0.2, 0.25) is 0 Å². The number of rotatable bonds is 3. The second kappa shape index (κ2) is 4.16. The molecule has 1 fully saturated rings. The van der Waals surface area contributed by atoms with E-state index in [4.69, 9.17) is 5.73 Å². The van der Waals surface area contributed by atoms with Gasteiger partial charge in [0.1, 0.15) is 0 Å². The van der Waals surface area contributed by atoms with Crippen molar-refractivity contribution in [2.24, 2.45) is 5.73 Å². The predicted molar refractivity (Wildman–Crippen MR) is 57.9 cm³/mol. The largest absolute Gasteiger partial charge is 0.327 e. The summed E-state index contributed by atoms with van der Waals surface area (Å²) in [6.45, 7) is 5.68. The molecule has 1 aliphatic rings. The van der Waals surface area contributed by atoms with Gasteiger partial charge in [0.15, 0.2) is 9.84 Å². The van der Waals surface area contributed by atoms with Crippen LogP contribution in [-0.2, 0) is 9.84 Å². The van der Waals surface area contributed by atoms with E-state index in [-0.39, 0.29) is 23.4 Å². The number of hydrogen-bond acceptors (Lipinski definition) is 4. The first kappa shape index (κ1) is 11.9. The summed E-state index contributed by atoms with van der Waals surface area (Å²) in [6.07, 6.45) is 0.709. The van der Waals surface area contributed by atoms with Crippen molar-refractivity contribution in [2.75, 3.05) is 5.75 Å². The Morgan fingerprint density at radius 2 is 2.00 bits per heavy atom. The van der Waals surface area contributed by atoms with Gasteiger partial charge in [0.2, 0.25) is 0 Å². The van der Waals surface area contributed by atoms with Crippen molar-refractivity contribution in [1.29, 1.82) is 0 Å². The van der Waals surface area contributed by atoms with Gasteiger partial charge in [-0.1, -0.05) is 0 Å². The molecule has 4 nitrogen and oxygen atoms in total. The highest BCUT2D eigenvalue weighted by atomic mass is 32.2. The van der Waals surface area contributed by atoms with Crippen molar-refractivity contribution in [3.05, 3.63) is 0 Å². The quantitative estimate of drug-likeness (QED) is 0.696. The van der Waals surface area contributed by atoms with Crippen LogP contribution in [0, 0.1) is 0 Å². The van der Waals surface area contributed by atoms with Crippen LogP contribution in [0.15, 0.2) is 0 Å². The predicted octanol–water partition coefficient (Wildman–Crippen LogP) is -0.113. The molecule has 3 N–H and O–H groups in total. The standard InChI is InChI=1S/C9H20N2O2S/c1-6(10)7(2)11-9-4-5-14(12,13)8(9)3/h6-9,11H,4-5,10H2,1-3H3. The van der Waals surface area contributed by atoms with Crippen LogP contribution < -0.4 is 11.1 Å². The minimum absolute atomic E-state index is 0.0468. The van der Waals surface area contributed by atoms with Gasteiger partial charge in [-0.25, -0.2) is 8.42 Å².